The molecular weight excluding hydrogens is 869 g/mol. The van der Waals surface area contributed by atoms with Crippen LogP contribution in [-0.4, -0.2) is 4.57 Å². The molecule has 1 aliphatic carbocycles. The predicted molar refractivity (Wildman–Crippen MR) is 214 cm³/mol. The number of hydrogen-bond donors (Lipinski definition) is 0. The van der Waals surface area contributed by atoms with E-state index >= 15 is 0 Å². The average molecular weight is 900 g/mol. The zero-order valence-corrected chi connectivity index (χ0v) is 33.0. The second kappa shape index (κ2) is 12.8. The Morgan fingerprint density at radius 2 is 1.26 bits per heavy atom. The third-order valence-corrected chi connectivity index (χ3v) is 11.0. The fraction of sp³-hybridized carbons (Fsp3) is 0.0400. The van der Waals surface area contributed by atoms with Crippen LogP contribution in [0.1, 0.15) is 22.6 Å². The Hall–Kier alpha value is -5.59. The molecule has 1 unspecified atom stereocenters. The number of furan rings is 1. The Kier molecular flexibility index (Phi) is 7.76. The van der Waals surface area contributed by atoms with Gasteiger partial charge in [-0.3, -0.25) is 0 Å². The second-order valence-corrected chi connectivity index (χ2v) is 13.9. The Balaban J connectivity index is 0.00000349. The summed E-state index contributed by atoms with van der Waals surface area (Å²) in [6.07, 6.45) is 0.912. The summed E-state index contributed by atoms with van der Waals surface area (Å²) >= 11 is 0. The van der Waals surface area contributed by atoms with Gasteiger partial charge in [0.1, 0.15) is 5.58 Å². The van der Waals surface area contributed by atoms with Gasteiger partial charge >= 0.3 is 31.1 Å². The van der Waals surface area contributed by atoms with Gasteiger partial charge in [0.2, 0.25) is 0 Å². The Bertz CT molecular complexity index is 2990. The fourth-order valence-electron chi connectivity index (χ4n) is 8.56. The maximum atomic E-state index is 6.27. The number of aromatic nitrogens is 1. The van der Waals surface area contributed by atoms with Crippen molar-refractivity contribution < 1.29 is 35.5 Å². The number of fused-ring (bicyclic) bond motifs is 9. The molecule has 2 heterocycles. The number of benzene rings is 8. The van der Waals surface area contributed by atoms with Gasteiger partial charge in [0.15, 0.2) is 0 Å². The molecule has 246 valence electrons. The third-order valence-electron chi connectivity index (χ3n) is 11.0. The smallest absolute Gasteiger partial charge is 0.501 e. The standard InChI is InChI=1S/C50H31NO.U/c1-3-11-33(12-4-1)34-22-26-50-46(31-34)45-28-32(19-25-49(45)52-50)27-42-38-15-7-8-16-39(38)43-29-35(20-23-40(42)43)36-21-24-48-44(30-36)41-17-9-10-18-47(41)51(48)37-13-5-2-6-14-37;/h1-11,13-21,23-26,28-31,42H,27H2;/q-2;+2. The zero-order valence-electron chi connectivity index (χ0n) is 28.8. The minimum Gasteiger partial charge on any atom is -0.501 e. The Morgan fingerprint density at radius 1 is 0.509 bits per heavy atom. The van der Waals surface area contributed by atoms with E-state index in [-0.39, 0.29) is 37.0 Å². The van der Waals surface area contributed by atoms with Crippen LogP contribution in [0, 0.1) is 43.2 Å². The van der Waals surface area contributed by atoms with Crippen LogP contribution >= 0.6 is 0 Å². The van der Waals surface area contributed by atoms with Crippen LogP contribution in [-0.2, 0) is 6.42 Å². The molecule has 0 fully saturated rings. The summed E-state index contributed by atoms with van der Waals surface area (Å²) in [4.78, 5) is 0. The monoisotopic (exact) mass is 899 g/mol. The van der Waals surface area contributed by atoms with Crippen LogP contribution in [0.2, 0.25) is 0 Å². The molecule has 53 heavy (non-hydrogen) atoms. The molecule has 0 amide bonds. The maximum Gasteiger partial charge on any atom is 2.00 e. The molecule has 0 aliphatic heterocycles. The van der Waals surface area contributed by atoms with Gasteiger partial charge in [0.05, 0.1) is 11.0 Å². The zero-order chi connectivity index (χ0) is 34.2. The van der Waals surface area contributed by atoms with Crippen molar-refractivity contribution in [2.24, 2.45) is 0 Å². The molecule has 10 aromatic rings. The molecule has 0 N–H and O–H groups in total. The molecule has 0 saturated heterocycles. The van der Waals surface area contributed by atoms with Crippen molar-refractivity contribution in [1.82, 2.24) is 4.57 Å². The molecule has 0 radical (unpaired) electrons. The minimum absolute atomic E-state index is 0. The Labute approximate surface area is 331 Å². The first-order valence-corrected chi connectivity index (χ1v) is 17.9. The first kappa shape index (κ1) is 32.1. The van der Waals surface area contributed by atoms with Gasteiger partial charge in [-0.2, -0.15) is 36.4 Å². The predicted octanol–water partition coefficient (Wildman–Crippen LogP) is 13.0. The van der Waals surface area contributed by atoms with E-state index in [4.69, 9.17) is 4.42 Å². The van der Waals surface area contributed by atoms with Crippen LogP contribution in [0.15, 0.2) is 174 Å². The van der Waals surface area contributed by atoms with Gasteiger partial charge in [-0.15, -0.1) is 12.1 Å². The molecule has 8 aromatic carbocycles. The summed E-state index contributed by atoms with van der Waals surface area (Å²) in [5, 5.41) is 4.79. The third kappa shape index (κ3) is 5.22. The van der Waals surface area contributed by atoms with Crippen molar-refractivity contribution in [2.75, 3.05) is 0 Å². The summed E-state index contributed by atoms with van der Waals surface area (Å²) in [5.41, 5.74) is 16.7. The van der Waals surface area contributed by atoms with Gasteiger partial charge in [0, 0.05) is 33.3 Å². The maximum absolute atomic E-state index is 6.27. The van der Waals surface area contributed by atoms with Crippen molar-refractivity contribution >= 4 is 43.7 Å². The van der Waals surface area contributed by atoms with Gasteiger partial charge in [-0.1, -0.05) is 90.3 Å². The number of rotatable bonds is 5. The normalized spacial score (nSPS) is 13.4. The average Bonchev–Trinajstić information content (AvgIpc) is 3.85. The van der Waals surface area contributed by atoms with E-state index in [1.165, 1.54) is 66.4 Å². The van der Waals surface area contributed by atoms with Gasteiger partial charge in [0.25, 0.3) is 0 Å². The summed E-state index contributed by atoms with van der Waals surface area (Å²) in [5.74, 6) is 0.269. The number of nitrogens with zero attached hydrogens (tertiary/aromatic N) is 1. The molecule has 2 aromatic heterocycles. The van der Waals surface area contributed by atoms with Crippen LogP contribution in [0.5, 0.6) is 0 Å². The molecule has 1 aliphatic rings. The number of hydrogen-bond acceptors (Lipinski definition) is 1. The number of para-hydroxylation sites is 2. The van der Waals surface area contributed by atoms with Crippen LogP contribution in [0.4, 0.5) is 0 Å². The minimum atomic E-state index is 0. The van der Waals surface area contributed by atoms with Gasteiger partial charge in [-0.05, 0) is 93.9 Å². The van der Waals surface area contributed by atoms with E-state index < -0.39 is 0 Å². The quantitative estimate of drug-likeness (QED) is 0.157. The Morgan fingerprint density at radius 3 is 2.17 bits per heavy atom. The summed E-state index contributed by atoms with van der Waals surface area (Å²) < 4.78 is 8.64. The molecular formula is C50H31NOU. The van der Waals surface area contributed by atoms with Gasteiger partial charge < -0.3 is 8.98 Å². The molecule has 2 nitrogen and oxygen atoms in total. The van der Waals surface area contributed by atoms with E-state index in [0.717, 1.165) is 39.5 Å². The first-order valence-electron chi connectivity index (χ1n) is 17.9. The van der Waals surface area contributed by atoms with Gasteiger partial charge in [-0.25, -0.2) is 11.1 Å². The van der Waals surface area contributed by atoms with Crippen LogP contribution < -0.4 is 0 Å². The van der Waals surface area contributed by atoms with E-state index in [0.29, 0.717) is 0 Å². The van der Waals surface area contributed by atoms with Crippen molar-refractivity contribution in [1.29, 1.82) is 0 Å². The van der Waals surface area contributed by atoms with Crippen molar-refractivity contribution in [3.05, 3.63) is 199 Å². The largest absolute Gasteiger partial charge is 2.00 e. The van der Waals surface area contributed by atoms with Crippen molar-refractivity contribution in [3.8, 4) is 39.1 Å². The SMILES string of the molecule is [U+2].[c-]1ccccc1-c1[c-]cc2oc3ccc(CC4c5ccccc5-c5cc(-c6ccc7c(c6)c6ccccc6n7-c6ccccc6)ccc54)cc3c2c1. The van der Waals surface area contributed by atoms with Crippen LogP contribution in [0.3, 0.4) is 0 Å². The van der Waals surface area contributed by atoms with E-state index in [2.05, 4.69) is 162 Å². The summed E-state index contributed by atoms with van der Waals surface area (Å²) in [6.45, 7) is 0. The van der Waals surface area contributed by atoms with E-state index in [9.17, 15) is 0 Å². The molecule has 0 bridgehead atoms. The van der Waals surface area contributed by atoms with Crippen molar-refractivity contribution in [3.63, 3.8) is 0 Å². The summed E-state index contributed by atoms with van der Waals surface area (Å²) in [6, 6.07) is 68.1. The van der Waals surface area contributed by atoms with E-state index in [1.807, 2.05) is 24.3 Å². The molecule has 0 saturated carbocycles. The van der Waals surface area contributed by atoms with Crippen LogP contribution in [0.25, 0.3) is 82.8 Å². The fourth-order valence-corrected chi connectivity index (χ4v) is 8.56. The molecule has 1 atom stereocenters. The molecule has 0 spiro atoms. The topological polar surface area (TPSA) is 18.1 Å². The second-order valence-electron chi connectivity index (χ2n) is 13.9. The summed E-state index contributed by atoms with van der Waals surface area (Å²) in [7, 11) is 0. The van der Waals surface area contributed by atoms with Crippen molar-refractivity contribution in [2.45, 2.75) is 12.3 Å². The first-order chi connectivity index (χ1) is 25.8. The molecule has 11 rings (SSSR count). The van der Waals surface area contributed by atoms with E-state index in [1.54, 1.807) is 0 Å². The molecule has 3 heteroatoms.